The standard InChI is InChI=1S/C22H21Cl2N5O3/c23-16-3-1-15(17(24)10-16)11-32-21(31)28-7-5-22(6-8-28)12-29(13-22)20(30)14-2-4-18-19(9-14)26-27-25-18/h1-4,9-10H,5-8,11-13H2,(H,25,26,27). The molecule has 3 heterocycles. The molecule has 0 saturated carbocycles. The lowest BCUT2D eigenvalue weighted by Gasteiger charge is -2.53. The van der Waals surface area contributed by atoms with Crippen molar-refractivity contribution in [2.45, 2.75) is 19.4 Å². The lowest BCUT2D eigenvalue weighted by molar-refractivity contribution is -0.0319. The minimum atomic E-state index is -0.348. The largest absolute Gasteiger partial charge is 0.444 e. The number of halogens is 2. The number of carbonyl (C=O) groups excluding carboxylic acids is 2. The van der Waals surface area contributed by atoms with Crippen LogP contribution in [0.5, 0.6) is 0 Å². The van der Waals surface area contributed by atoms with E-state index in [1.807, 2.05) is 4.90 Å². The van der Waals surface area contributed by atoms with E-state index >= 15 is 0 Å². The van der Waals surface area contributed by atoms with Crippen LogP contribution in [0.4, 0.5) is 4.79 Å². The topological polar surface area (TPSA) is 91.4 Å². The number of likely N-dealkylation sites (tertiary alicyclic amines) is 2. The fourth-order valence-electron chi connectivity index (χ4n) is 4.41. The van der Waals surface area contributed by atoms with Crippen LogP contribution >= 0.6 is 23.2 Å². The van der Waals surface area contributed by atoms with Crippen molar-refractivity contribution in [1.82, 2.24) is 25.2 Å². The summed E-state index contributed by atoms with van der Waals surface area (Å²) in [5.74, 6) is 0.00204. The molecule has 0 aliphatic carbocycles. The van der Waals surface area contributed by atoms with Gasteiger partial charge in [0.2, 0.25) is 0 Å². The van der Waals surface area contributed by atoms with E-state index in [1.165, 1.54) is 0 Å². The Morgan fingerprint density at radius 2 is 1.75 bits per heavy atom. The van der Waals surface area contributed by atoms with Gasteiger partial charge < -0.3 is 14.5 Å². The fraction of sp³-hybridized carbons (Fsp3) is 0.364. The average Bonchev–Trinajstić information content (AvgIpc) is 3.24. The van der Waals surface area contributed by atoms with Crippen LogP contribution in [-0.2, 0) is 11.3 Å². The molecular weight excluding hydrogens is 453 g/mol. The number of ether oxygens (including phenoxy) is 1. The smallest absolute Gasteiger partial charge is 0.410 e. The number of fused-ring (bicyclic) bond motifs is 1. The summed E-state index contributed by atoms with van der Waals surface area (Å²) in [5, 5.41) is 11.6. The molecule has 8 nitrogen and oxygen atoms in total. The third-order valence-electron chi connectivity index (χ3n) is 6.35. The molecular formula is C22H21Cl2N5O3. The molecule has 2 aliphatic rings. The second-order valence-electron chi connectivity index (χ2n) is 8.47. The Labute approximate surface area is 194 Å². The van der Waals surface area contributed by atoms with Gasteiger partial charge in [0.25, 0.3) is 5.91 Å². The summed E-state index contributed by atoms with van der Waals surface area (Å²) in [5.41, 5.74) is 2.82. The number of hydrogen-bond acceptors (Lipinski definition) is 5. The molecule has 1 aromatic heterocycles. The van der Waals surface area contributed by atoms with Crippen LogP contribution in [-0.4, -0.2) is 63.4 Å². The van der Waals surface area contributed by atoms with E-state index in [0.717, 1.165) is 23.9 Å². The minimum Gasteiger partial charge on any atom is -0.444 e. The quantitative estimate of drug-likeness (QED) is 0.616. The van der Waals surface area contributed by atoms with Crippen molar-refractivity contribution < 1.29 is 14.3 Å². The van der Waals surface area contributed by atoms with Gasteiger partial charge in [-0.15, -0.1) is 0 Å². The number of hydrogen-bond donors (Lipinski definition) is 1. The molecule has 0 unspecified atom stereocenters. The number of H-pyrrole nitrogens is 1. The number of carbonyl (C=O) groups is 2. The third-order valence-corrected chi connectivity index (χ3v) is 6.94. The van der Waals surface area contributed by atoms with E-state index in [-0.39, 0.29) is 24.0 Å². The summed E-state index contributed by atoms with van der Waals surface area (Å²) in [7, 11) is 0. The molecule has 0 bridgehead atoms. The van der Waals surface area contributed by atoms with Gasteiger partial charge in [0.1, 0.15) is 17.6 Å². The number of nitrogens with one attached hydrogen (secondary N) is 1. The zero-order valence-electron chi connectivity index (χ0n) is 17.2. The highest BCUT2D eigenvalue weighted by atomic mass is 35.5. The van der Waals surface area contributed by atoms with Crippen LogP contribution in [0.15, 0.2) is 36.4 Å². The van der Waals surface area contributed by atoms with Crippen molar-refractivity contribution in [3.63, 3.8) is 0 Å². The first-order chi connectivity index (χ1) is 15.4. The maximum Gasteiger partial charge on any atom is 0.410 e. The zero-order chi connectivity index (χ0) is 22.3. The molecule has 2 aromatic carbocycles. The number of nitrogens with zero attached hydrogens (tertiary/aromatic N) is 4. The molecule has 32 heavy (non-hydrogen) atoms. The van der Waals surface area contributed by atoms with Gasteiger partial charge in [0.15, 0.2) is 0 Å². The predicted octanol–water partition coefficient (Wildman–Crippen LogP) is 4.14. The van der Waals surface area contributed by atoms with Crippen molar-refractivity contribution >= 4 is 46.2 Å². The lowest BCUT2D eigenvalue weighted by Crippen LogP contribution is -2.62. The predicted molar refractivity (Wildman–Crippen MR) is 120 cm³/mol. The molecule has 1 spiro atoms. The van der Waals surface area contributed by atoms with Gasteiger partial charge in [-0.1, -0.05) is 29.3 Å². The molecule has 2 fully saturated rings. The zero-order valence-corrected chi connectivity index (χ0v) is 18.7. The van der Waals surface area contributed by atoms with Crippen LogP contribution in [0.2, 0.25) is 10.0 Å². The fourth-order valence-corrected chi connectivity index (χ4v) is 4.88. The Kier molecular flexibility index (Phi) is 5.43. The lowest BCUT2D eigenvalue weighted by atomic mass is 9.72. The monoisotopic (exact) mass is 473 g/mol. The number of aromatic amines is 1. The summed E-state index contributed by atoms with van der Waals surface area (Å²) in [6, 6.07) is 10.4. The van der Waals surface area contributed by atoms with Crippen molar-refractivity contribution in [2.24, 2.45) is 5.41 Å². The molecule has 5 rings (SSSR count). The first-order valence-electron chi connectivity index (χ1n) is 10.4. The van der Waals surface area contributed by atoms with Crippen molar-refractivity contribution in [2.75, 3.05) is 26.2 Å². The van der Waals surface area contributed by atoms with E-state index < -0.39 is 0 Å². The molecule has 0 atom stereocenters. The maximum absolute atomic E-state index is 12.8. The number of aromatic nitrogens is 3. The van der Waals surface area contributed by atoms with Crippen LogP contribution in [0.3, 0.4) is 0 Å². The molecule has 3 aromatic rings. The Hall–Kier alpha value is -2.84. The summed E-state index contributed by atoms with van der Waals surface area (Å²) >= 11 is 12.0. The highest BCUT2D eigenvalue weighted by Gasteiger charge is 2.47. The van der Waals surface area contributed by atoms with Gasteiger partial charge in [-0.2, -0.15) is 15.4 Å². The third kappa shape index (κ3) is 4.00. The van der Waals surface area contributed by atoms with Crippen LogP contribution in [0, 0.1) is 5.41 Å². The highest BCUT2D eigenvalue weighted by Crippen LogP contribution is 2.41. The number of rotatable bonds is 3. The van der Waals surface area contributed by atoms with Crippen molar-refractivity contribution in [1.29, 1.82) is 0 Å². The maximum atomic E-state index is 12.8. The Morgan fingerprint density at radius 1 is 1.00 bits per heavy atom. The molecule has 1 N–H and O–H groups in total. The number of benzene rings is 2. The molecule has 2 aliphatic heterocycles. The second kappa shape index (κ2) is 8.26. The number of amides is 2. The van der Waals surface area contributed by atoms with Gasteiger partial charge in [0.05, 0.1) is 0 Å². The summed E-state index contributed by atoms with van der Waals surface area (Å²) < 4.78 is 5.44. The number of piperidine rings is 1. The molecule has 2 amide bonds. The van der Waals surface area contributed by atoms with E-state index in [1.54, 1.807) is 41.3 Å². The first-order valence-corrected chi connectivity index (χ1v) is 11.1. The first kappa shape index (κ1) is 21.0. The Morgan fingerprint density at radius 3 is 2.50 bits per heavy atom. The van der Waals surface area contributed by atoms with E-state index in [0.29, 0.717) is 47.3 Å². The molecule has 2 saturated heterocycles. The minimum absolute atomic E-state index is 0.00204. The molecule has 10 heteroatoms. The normalized spacial score (nSPS) is 17.4. The Balaban J connectivity index is 1.11. The van der Waals surface area contributed by atoms with Gasteiger partial charge >= 0.3 is 6.09 Å². The van der Waals surface area contributed by atoms with Gasteiger partial charge in [0, 0.05) is 52.8 Å². The molecule has 166 valence electrons. The summed E-state index contributed by atoms with van der Waals surface area (Å²) in [4.78, 5) is 28.9. The summed E-state index contributed by atoms with van der Waals surface area (Å²) in [6.45, 7) is 2.73. The van der Waals surface area contributed by atoms with Gasteiger partial charge in [-0.25, -0.2) is 4.79 Å². The van der Waals surface area contributed by atoms with Crippen LogP contribution < -0.4 is 0 Å². The van der Waals surface area contributed by atoms with Crippen LogP contribution in [0.1, 0.15) is 28.8 Å². The Bertz CT molecular complexity index is 1180. The highest BCUT2D eigenvalue weighted by molar-refractivity contribution is 6.35. The second-order valence-corrected chi connectivity index (χ2v) is 9.31. The average molecular weight is 474 g/mol. The van der Waals surface area contributed by atoms with E-state index in [9.17, 15) is 9.59 Å². The van der Waals surface area contributed by atoms with E-state index in [4.69, 9.17) is 27.9 Å². The summed E-state index contributed by atoms with van der Waals surface area (Å²) in [6.07, 6.45) is 1.34. The SMILES string of the molecule is O=C(OCc1ccc(Cl)cc1Cl)N1CCC2(CC1)CN(C(=O)c1ccc3n[nH]nc3c1)C2. The molecule has 0 radical (unpaired) electrons. The van der Waals surface area contributed by atoms with Crippen molar-refractivity contribution in [3.8, 4) is 0 Å². The van der Waals surface area contributed by atoms with E-state index in [2.05, 4.69) is 15.4 Å². The van der Waals surface area contributed by atoms with Gasteiger partial charge in [-0.05, 0) is 43.2 Å². The van der Waals surface area contributed by atoms with Crippen molar-refractivity contribution in [3.05, 3.63) is 57.6 Å². The van der Waals surface area contributed by atoms with Crippen LogP contribution in [0.25, 0.3) is 11.0 Å². The van der Waals surface area contributed by atoms with Gasteiger partial charge in [-0.3, -0.25) is 4.79 Å².